The van der Waals surface area contributed by atoms with Gasteiger partial charge in [0.2, 0.25) is 0 Å². The molecule has 0 radical (unpaired) electrons. The number of aliphatic hydroxyl groups is 1. The quantitative estimate of drug-likeness (QED) is 0.743. The number of ether oxygens (including phenoxy) is 1. The van der Waals surface area contributed by atoms with E-state index in [0.29, 0.717) is 6.04 Å². The smallest absolute Gasteiger partial charge is 0.0690 e. The van der Waals surface area contributed by atoms with Gasteiger partial charge in [-0.25, -0.2) is 0 Å². The summed E-state index contributed by atoms with van der Waals surface area (Å²) in [6.45, 7) is 5.86. The third-order valence-corrected chi connectivity index (χ3v) is 3.38. The molecular formula is C11H23NO2. The normalized spacial score (nSPS) is 23.8. The molecule has 0 spiro atoms. The Labute approximate surface area is 87.1 Å². The van der Waals surface area contributed by atoms with Crippen molar-refractivity contribution in [1.29, 1.82) is 0 Å². The molecule has 1 aliphatic heterocycles. The van der Waals surface area contributed by atoms with E-state index in [1.807, 2.05) is 6.92 Å². The Morgan fingerprint density at radius 3 is 2.50 bits per heavy atom. The molecule has 3 nitrogen and oxygen atoms in total. The van der Waals surface area contributed by atoms with E-state index in [1.54, 1.807) is 0 Å². The summed E-state index contributed by atoms with van der Waals surface area (Å²) in [5.74, 6) is 0. The van der Waals surface area contributed by atoms with E-state index in [4.69, 9.17) is 4.74 Å². The van der Waals surface area contributed by atoms with Crippen LogP contribution in [0.4, 0.5) is 0 Å². The van der Waals surface area contributed by atoms with E-state index in [-0.39, 0.29) is 12.1 Å². The van der Waals surface area contributed by atoms with Crippen molar-refractivity contribution < 1.29 is 9.84 Å². The Balaban J connectivity index is 2.41. The minimum atomic E-state index is -0.206. The molecule has 0 bridgehead atoms. The lowest BCUT2D eigenvalue weighted by Gasteiger charge is -2.37. The highest BCUT2D eigenvalue weighted by Gasteiger charge is 2.25. The zero-order valence-corrected chi connectivity index (χ0v) is 9.57. The van der Waals surface area contributed by atoms with E-state index in [1.165, 1.54) is 0 Å². The zero-order chi connectivity index (χ0) is 10.6. The summed E-state index contributed by atoms with van der Waals surface area (Å²) in [6, 6.07) is 0.836. The average molecular weight is 201 g/mol. The summed E-state index contributed by atoms with van der Waals surface area (Å²) in [6.07, 6.45) is 2.81. The molecule has 0 aromatic rings. The van der Waals surface area contributed by atoms with Crippen LogP contribution in [0.15, 0.2) is 0 Å². The number of likely N-dealkylation sites (N-methyl/N-ethyl adjacent to an activating group) is 1. The number of aliphatic hydroxyl groups excluding tert-OH is 1. The molecule has 1 saturated heterocycles. The highest BCUT2D eigenvalue weighted by atomic mass is 16.5. The van der Waals surface area contributed by atoms with Gasteiger partial charge in [-0.3, -0.25) is 4.90 Å². The van der Waals surface area contributed by atoms with Crippen LogP contribution in [0.2, 0.25) is 0 Å². The van der Waals surface area contributed by atoms with Gasteiger partial charge >= 0.3 is 0 Å². The van der Waals surface area contributed by atoms with Gasteiger partial charge in [0.05, 0.1) is 6.10 Å². The van der Waals surface area contributed by atoms with Crippen LogP contribution in [-0.4, -0.2) is 48.5 Å². The first-order valence-electron chi connectivity index (χ1n) is 5.64. The van der Waals surface area contributed by atoms with Crippen molar-refractivity contribution in [2.75, 3.05) is 20.3 Å². The van der Waals surface area contributed by atoms with Gasteiger partial charge in [0.25, 0.3) is 0 Å². The lowest BCUT2D eigenvalue weighted by molar-refractivity contribution is -0.00208. The molecule has 1 rings (SSSR count). The minimum Gasteiger partial charge on any atom is -0.392 e. The molecule has 1 aliphatic rings. The second-order valence-electron chi connectivity index (χ2n) is 4.23. The predicted octanol–water partition coefficient (Wildman–Crippen LogP) is 1.26. The van der Waals surface area contributed by atoms with Crippen LogP contribution >= 0.6 is 0 Å². The Hall–Kier alpha value is -0.120. The third-order valence-electron chi connectivity index (χ3n) is 3.38. The van der Waals surface area contributed by atoms with Crippen LogP contribution in [0.3, 0.4) is 0 Å². The topological polar surface area (TPSA) is 32.7 Å². The van der Waals surface area contributed by atoms with E-state index in [0.717, 1.165) is 32.5 Å². The van der Waals surface area contributed by atoms with Crippen LogP contribution in [0, 0.1) is 0 Å². The third kappa shape index (κ3) is 2.94. The zero-order valence-electron chi connectivity index (χ0n) is 9.57. The van der Waals surface area contributed by atoms with Gasteiger partial charge < -0.3 is 9.84 Å². The van der Waals surface area contributed by atoms with Crippen LogP contribution in [0.5, 0.6) is 0 Å². The first-order valence-corrected chi connectivity index (χ1v) is 5.64. The summed E-state index contributed by atoms with van der Waals surface area (Å²) in [7, 11) is 2.11. The summed E-state index contributed by atoms with van der Waals surface area (Å²) >= 11 is 0. The summed E-state index contributed by atoms with van der Waals surface area (Å²) in [5.41, 5.74) is 0. The van der Waals surface area contributed by atoms with Gasteiger partial charge in [0.1, 0.15) is 0 Å². The molecular weight excluding hydrogens is 178 g/mol. The van der Waals surface area contributed by atoms with Crippen molar-refractivity contribution in [1.82, 2.24) is 4.90 Å². The molecule has 0 aromatic carbocycles. The average Bonchev–Trinajstić information content (AvgIpc) is 2.27. The molecule has 3 heteroatoms. The molecule has 0 aromatic heterocycles. The maximum Gasteiger partial charge on any atom is 0.0690 e. The van der Waals surface area contributed by atoms with Crippen LogP contribution < -0.4 is 0 Å². The lowest BCUT2D eigenvalue weighted by Crippen LogP contribution is -2.46. The molecule has 1 N–H and O–H groups in total. The fourth-order valence-electron chi connectivity index (χ4n) is 2.04. The largest absolute Gasteiger partial charge is 0.392 e. The SMILES string of the molecule is CCC(O)C(C)N(C)C1CCOCC1. The van der Waals surface area contributed by atoms with Gasteiger partial charge in [-0.1, -0.05) is 6.92 Å². The lowest BCUT2D eigenvalue weighted by atomic mass is 10.0. The van der Waals surface area contributed by atoms with Gasteiger partial charge in [-0.05, 0) is 33.2 Å². The van der Waals surface area contributed by atoms with E-state index in [2.05, 4.69) is 18.9 Å². The maximum atomic E-state index is 9.75. The molecule has 0 aliphatic carbocycles. The second-order valence-corrected chi connectivity index (χ2v) is 4.23. The number of rotatable bonds is 4. The van der Waals surface area contributed by atoms with Gasteiger partial charge in [-0.15, -0.1) is 0 Å². The highest BCUT2D eigenvalue weighted by molar-refractivity contribution is 4.79. The fourth-order valence-corrected chi connectivity index (χ4v) is 2.04. The molecule has 0 amide bonds. The van der Waals surface area contributed by atoms with Crippen molar-refractivity contribution in [2.45, 2.75) is 51.3 Å². The van der Waals surface area contributed by atoms with Gasteiger partial charge in [0.15, 0.2) is 0 Å². The molecule has 84 valence electrons. The van der Waals surface area contributed by atoms with Gasteiger partial charge in [-0.2, -0.15) is 0 Å². The standard InChI is InChI=1S/C11H23NO2/c1-4-11(13)9(2)12(3)10-5-7-14-8-6-10/h9-11,13H,4-8H2,1-3H3. The van der Waals surface area contributed by atoms with Crippen LogP contribution in [0.1, 0.15) is 33.1 Å². The van der Waals surface area contributed by atoms with Crippen LogP contribution in [0.25, 0.3) is 0 Å². The molecule has 1 fully saturated rings. The van der Waals surface area contributed by atoms with E-state index < -0.39 is 0 Å². The molecule has 2 unspecified atom stereocenters. The molecule has 2 atom stereocenters. The maximum absolute atomic E-state index is 9.75. The fraction of sp³-hybridized carbons (Fsp3) is 1.00. The summed E-state index contributed by atoms with van der Waals surface area (Å²) in [5, 5.41) is 9.75. The van der Waals surface area contributed by atoms with Gasteiger partial charge in [0, 0.05) is 25.3 Å². The first kappa shape index (κ1) is 12.0. The van der Waals surface area contributed by atoms with Crippen molar-refractivity contribution in [3.05, 3.63) is 0 Å². The Bertz CT molecular complexity index is 155. The van der Waals surface area contributed by atoms with Crippen molar-refractivity contribution >= 4 is 0 Å². The number of hydrogen-bond donors (Lipinski definition) is 1. The molecule has 1 heterocycles. The second kappa shape index (κ2) is 5.69. The molecule has 0 saturated carbocycles. The van der Waals surface area contributed by atoms with Crippen molar-refractivity contribution in [3.8, 4) is 0 Å². The van der Waals surface area contributed by atoms with E-state index >= 15 is 0 Å². The molecule has 14 heavy (non-hydrogen) atoms. The first-order chi connectivity index (χ1) is 6.66. The van der Waals surface area contributed by atoms with E-state index in [9.17, 15) is 5.11 Å². The Kier molecular flexibility index (Phi) is 4.85. The Morgan fingerprint density at radius 1 is 1.43 bits per heavy atom. The monoisotopic (exact) mass is 201 g/mol. The number of nitrogens with zero attached hydrogens (tertiary/aromatic N) is 1. The van der Waals surface area contributed by atoms with Crippen molar-refractivity contribution in [3.63, 3.8) is 0 Å². The Morgan fingerprint density at radius 2 is 2.00 bits per heavy atom. The summed E-state index contributed by atoms with van der Waals surface area (Å²) < 4.78 is 5.33. The predicted molar refractivity (Wildman–Crippen MR) is 57.4 cm³/mol. The van der Waals surface area contributed by atoms with Crippen LogP contribution in [-0.2, 0) is 4.74 Å². The summed E-state index contributed by atoms with van der Waals surface area (Å²) in [4.78, 5) is 2.30. The minimum absolute atomic E-state index is 0.206. The highest BCUT2D eigenvalue weighted by Crippen LogP contribution is 2.17. The van der Waals surface area contributed by atoms with Crippen molar-refractivity contribution in [2.24, 2.45) is 0 Å². The number of hydrogen-bond acceptors (Lipinski definition) is 3.